The standard InChI is InChI=1S/C24H24N4O3/c1-30-21-9-8-18-23(29)22(15-20-16-5-2-3-7-19(16)26-27-20)31-24(18)17(21)6-4-12-28-13-10-25-11-14-28/h2-9,15,25,29H,10-14H2,1H3. The summed E-state index contributed by atoms with van der Waals surface area (Å²) in [6.07, 6.45) is 5.85. The second-order valence-electron chi connectivity index (χ2n) is 7.57. The number of azo groups is 1. The zero-order chi connectivity index (χ0) is 21.2. The van der Waals surface area contributed by atoms with Gasteiger partial charge in [-0.05, 0) is 18.2 Å². The summed E-state index contributed by atoms with van der Waals surface area (Å²) in [5.41, 5.74) is 3.78. The van der Waals surface area contributed by atoms with Gasteiger partial charge in [0.05, 0.1) is 29.4 Å². The number of fused-ring (bicyclic) bond motifs is 2. The van der Waals surface area contributed by atoms with Crippen molar-refractivity contribution in [3.8, 4) is 11.5 Å². The van der Waals surface area contributed by atoms with Gasteiger partial charge in [0.1, 0.15) is 11.3 Å². The zero-order valence-electron chi connectivity index (χ0n) is 17.3. The van der Waals surface area contributed by atoms with Crippen molar-refractivity contribution in [2.75, 3.05) is 39.8 Å². The van der Waals surface area contributed by atoms with Gasteiger partial charge in [-0.3, -0.25) is 4.90 Å². The second-order valence-corrected chi connectivity index (χ2v) is 7.57. The normalized spacial score (nSPS) is 17.8. The van der Waals surface area contributed by atoms with E-state index in [4.69, 9.17) is 9.15 Å². The molecular formula is C24H24N4O3. The van der Waals surface area contributed by atoms with Gasteiger partial charge in [-0.25, -0.2) is 0 Å². The Morgan fingerprint density at radius 2 is 2.00 bits per heavy atom. The zero-order valence-corrected chi connectivity index (χ0v) is 17.3. The van der Waals surface area contributed by atoms with E-state index < -0.39 is 0 Å². The molecule has 0 amide bonds. The van der Waals surface area contributed by atoms with Crippen molar-refractivity contribution in [2.45, 2.75) is 0 Å². The molecule has 3 aromatic rings. The van der Waals surface area contributed by atoms with Crippen LogP contribution in [0.4, 0.5) is 5.69 Å². The molecule has 158 valence electrons. The van der Waals surface area contributed by atoms with Gasteiger partial charge in [0.2, 0.25) is 0 Å². The average molecular weight is 416 g/mol. The lowest BCUT2D eigenvalue weighted by atomic mass is 10.1. The van der Waals surface area contributed by atoms with Gasteiger partial charge in [-0.2, -0.15) is 0 Å². The van der Waals surface area contributed by atoms with Crippen molar-refractivity contribution in [2.24, 2.45) is 10.2 Å². The van der Waals surface area contributed by atoms with Crippen LogP contribution in [0.1, 0.15) is 16.9 Å². The van der Waals surface area contributed by atoms with E-state index in [0.717, 1.165) is 49.5 Å². The van der Waals surface area contributed by atoms with Gasteiger partial charge in [-0.1, -0.05) is 30.4 Å². The second kappa shape index (κ2) is 8.37. The summed E-state index contributed by atoms with van der Waals surface area (Å²) in [7, 11) is 1.64. The molecule has 0 saturated carbocycles. The van der Waals surface area contributed by atoms with Crippen LogP contribution in [0.15, 0.2) is 57.1 Å². The molecule has 0 spiro atoms. The van der Waals surface area contributed by atoms with Crippen molar-refractivity contribution in [1.29, 1.82) is 0 Å². The van der Waals surface area contributed by atoms with Crippen LogP contribution in [0.5, 0.6) is 11.5 Å². The highest BCUT2D eigenvalue weighted by atomic mass is 16.5. The molecular weight excluding hydrogens is 392 g/mol. The number of benzene rings is 2. The van der Waals surface area contributed by atoms with Crippen LogP contribution in [-0.4, -0.2) is 49.8 Å². The topological polar surface area (TPSA) is 82.6 Å². The molecule has 1 saturated heterocycles. The number of nitrogens with one attached hydrogen (secondary N) is 1. The summed E-state index contributed by atoms with van der Waals surface area (Å²) in [5.74, 6) is 1.13. The molecule has 2 N–H and O–H groups in total. The van der Waals surface area contributed by atoms with Crippen LogP contribution in [0, 0.1) is 0 Å². The highest BCUT2D eigenvalue weighted by Crippen LogP contribution is 2.42. The summed E-state index contributed by atoms with van der Waals surface area (Å²) < 4.78 is 11.7. The molecule has 7 heteroatoms. The molecule has 0 bridgehead atoms. The monoisotopic (exact) mass is 416 g/mol. The Bertz CT molecular complexity index is 1200. The van der Waals surface area contributed by atoms with Gasteiger partial charge in [0.15, 0.2) is 11.5 Å². The quantitative estimate of drug-likeness (QED) is 0.632. The van der Waals surface area contributed by atoms with E-state index >= 15 is 0 Å². The Morgan fingerprint density at radius 3 is 2.84 bits per heavy atom. The van der Waals surface area contributed by atoms with E-state index in [1.165, 1.54) is 0 Å². The highest BCUT2D eigenvalue weighted by molar-refractivity contribution is 5.97. The Hall–Kier alpha value is -3.42. The molecule has 5 rings (SSSR count). The smallest absolute Gasteiger partial charge is 0.172 e. The molecule has 1 aromatic heterocycles. The summed E-state index contributed by atoms with van der Waals surface area (Å²) in [6, 6.07) is 11.4. The summed E-state index contributed by atoms with van der Waals surface area (Å²) in [6.45, 7) is 4.93. The number of furan rings is 1. The maximum absolute atomic E-state index is 10.8. The fourth-order valence-electron chi connectivity index (χ4n) is 3.99. The van der Waals surface area contributed by atoms with Crippen molar-refractivity contribution in [3.63, 3.8) is 0 Å². The van der Waals surface area contributed by atoms with E-state index in [1.54, 1.807) is 13.2 Å². The highest BCUT2D eigenvalue weighted by Gasteiger charge is 2.20. The van der Waals surface area contributed by atoms with Crippen molar-refractivity contribution < 1.29 is 14.3 Å². The fourth-order valence-corrected chi connectivity index (χ4v) is 3.99. The largest absolute Gasteiger partial charge is 0.504 e. The molecule has 3 heterocycles. The lowest BCUT2D eigenvalue weighted by Gasteiger charge is -2.25. The van der Waals surface area contributed by atoms with E-state index in [2.05, 4.69) is 26.5 Å². The first kappa shape index (κ1) is 19.5. The summed E-state index contributed by atoms with van der Waals surface area (Å²) >= 11 is 0. The number of rotatable bonds is 5. The minimum atomic E-state index is 0.0847. The molecule has 0 atom stereocenters. The number of piperazine rings is 1. The van der Waals surface area contributed by atoms with Crippen LogP contribution < -0.4 is 10.1 Å². The number of hydrogen-bond donors (Lipinski definition) is 2. The third kappa shape index (κ3) is 3.73. The van der Waals surface area contributed by atoms with Crippen molar-refractivity contribution in [3.05, 3.63) is 59.4 Å². The Labute approximate surface area is 180 Å². The van der Waals surface area contributed by atoms with E-state index in [1.807, 2.05) is 42.5 Å². The molecule has 2 aliphatic rings. The molecule has 0 aliphatic carbocycles. The molecule has 2 aliphatic heterocycles. The van der Waals surface area contributed by atoms with Gasteiger partial charge in [-0.15, -0.1) is 10.2 Å². The SMILES string of the molecule is COc1ccc2c(O)c(C=C3N=Nc4ccccc43)oc2c1C=CCN1CCNCC1. The number of aromatic hydroxyl groups is 1. The van der Waals surface area contributed by atoms with Crippen LogP contribution in [0.2, 0.25) is 0 Å². The first-order valence-electron chi connectivity index (χ1n) is 10.4. The first-order valence-corrected chi connectivity index (χ1v) is 10.4. The van der Waals surface area contributed by atoms with E-state index in [-0.39, 0.29) is 5.75 Å². The van der Waals surface area contributed by atoms with Gasteiger partial charge in [0.25, 0.3) is 0 Å². The maximum atomic E-state index is 10.8. The molecule has 1 fully saturated rings. The van der Waals surface area contributed by atoms with Crippen LogP contribution in [0.25, 0.3) is 28.8 Å². The van der Waals surface area contributed by atoms with E-state index in [9.17, 15) is 5.11 Å². The van der Waals surface area contributed by atoms with Crippen molar-refractivity contribution >= 4 is 34.5 Å². The third-order valence-electron chi connectivity index (χ3n) is 5.65. The van der Waals surface area contributed by atoms with Crippen LogP contribution >= 0.6 is 0 Å². The number of hydrogen-bond acceptors (Lipinski definition) is 7. The van der Waals surface area contributed by atoms with E-state index in [0.29, 0.717) is 28.2 Å². The average Bonchev–Trinajstić information content (AvgIpc) is 3.36. The van der Waals surface area contributed by atoms with Crippen molar-refractivity contribution in [1.82, 2.24) is 10.2 Å². The maximum Gasteiger partial charge on any atom is 0.172 e. The van der Waals surface area contributed by atoms with Gasteiger partial charge < -0.3 is 19.6 Å². The Kier molecular flexibility index (Phi) is 5.28. The third-order valence-corrected chi connectivity index (χ3v) is 5.65. The summed E-state index contributed by atoms with van der Waals surface area (Å²) in [5, 5.41) is 23.2. The lowest BCUT2D eigenvalue weighted by Crippen LogP contribution is -2.43. The fraction of sp³-hybridized carbons (Fsp3) is 0.250. The predicted octanol–water partition coefficient (Wildman–Crippen LogP) is 4.66. The molecule has 31 heavy (non-hydrogen) atoms. The molecule has 0 radical (unpaired) electrons. The van der Waals surface area contributed by atoms with Crippen LogP contribution in [0.3, 0.4) is 0 Å². The van der Waals surface area contributed by atoms with Gasteiger partial charge in [0, 0.05) is 44.4 Å². The Balaban J connectivity index is 1.51. The first-order chi connectivity index (χ1) is 15.2. The molecule has 7 nitrogen and oxygen atoms in total. The number of methoxy groups -OCH3 is 1. The number of ether oxygens (including phenoxy) is 1. The predicted molar refractivity (Wildman–Crippen MR) is 122 cm³/mol. The summed E-state index contributed by atoms with van der Waals surface area (Å²) in [4.78, 5) is 2.39. The Morgan fingerprint density at radius 1 is 1.16 bits per heavy atom. The van der Waals surface area contributed by atoms with Gasteiger partial charge >= 0.3 is 0 Å². The number of nitrogens with zero attached hydrogens (tertiary/aromatic N) is 3. The molecule has 2 aromatic carbocycles. The molecule has 0 unspecified atom stereocenters. The minimum absolute atomic E-state index is 0.0847. The lowest BCUT2D eigenvalue weighted by molar-refractivity contribution is 0.265. The van der Waals surface area contributed by atoms with Crippen LogP contribution in [-0.2, 0) is 0 Å². The minimum Gasteiger partial charge on any atom is -0.504 e.